The highest BCUT2D eigenvalue weighted by atomic mass is 16.5. The Morgan fingerprint density at radius 2 is 1.68 bits per heavy atom. The number of benzene rings is 1. The quantitative estimate of drug-likeness (QED) is 0.557. The molecule has 0 aliphatic carbocycles. The van der Waals surface area contributed by atoms with E-state index in [0.717, 1.165) is 13.1 Å². The predicted molar refractivity (Wildman–Crippen MR) is 104 cm³/mol. The Kier molecular flexibility index (Phi) is 6.95. The zero-order chi connectivity index (χ0) is 19.8. The van der Waals surface area contributed by atoms with Crippen LogP contribution in [0.5, 0.6) is 0 Å². The van der Waals surface area contributed by atoms with Crippen LogP contribution in [0.15, 0.2) is 36.7 Å². The Morgan fingerprint density at radius 1 is 1.04 bits per heavy atom. The lowest BCUT2D eigenvalue weighted by Crippen LogP contribution is -2.41. The van der Waals surface area contributed by atoms with Crippen LogP contribution in [-0.2, 0) is 16.1 Å². The summed E-state index contributed by atoms with van der Waals surface area (Å²) < 4.78 is 6.80. The van der Waals surface area contributed by atoms with Gasteiger partial charge in [0.1, 0.15) is 0 Å². The van der Waals surface area contributed by atoms with E-state index in [9.17, 15) is 9.59 Å². The molecule has 10 nitrogen and oxygen atoms in total. The van der Waals surface area contributed by atoms with Gasteiger partial charge in [0.25, 0.3) is 0 Å². The van der Waals surface area contributed by atoms with Crippen molar-refractivity contribution in [2.45, 2.75) is 6.54 Å². The molecule has 0 bridgehead atoms. The molecule has 3 rings (SSSR count). The molecule has 1 aromatic heterocycles. The van der Waals surface area contributed by atoms with Gasteiger partial charge >= 0.3 is 6.03 Å². The van der Waals surface area contributed by atoms with E-state index in [0.29, 0.717) is 43.4 Å². The summed E-state index contributed by atoms with van der Waals surface area (Å²) in [6.45, 7) is 3.48. The third-order valence-electron chi connectivity index (χ3n) is 4.12. The largest absolute Gasteiger partial charge is 0.394 e. The molecule has 0 spiro atoms. The molecular weight excluding hydrogens is 364 g/mol. The molecular formula is C18H24N6O4. The molecule has 10 heteroatoms. The smallest absolute Gasteiger partial charge is 0.323 e. The van der Waals surface area contributed by atoms with Crippen LogP contribution in [0.25, 0.3) is 0 Å². The second kappa shape index (κ2) is 9.83. The van der Waals surface area contributed by atoms with Crippen LogP contribution in [0.4, 0.5) is 21.9 Å². The van der Waals surface area contributed by atoms with Crippen molar-refractivity contribution < 1.29 is 19.4 Å². The fourth-order valence-electron chi connectivity index (χ4n) is 2.75. The van der Waals surface area contributed by atoms with Crippen molar-refractivity contribution >= 4 is 29.0 Å². The maximum Gasteiger partial charge on any atom is 0.323 e. The molecule has 1 aliphatic heterocycles. The highest BCUT2D eigenvalue weighted by molar-refractivity contribution is 6.00. The summed E-state index contributed by atoms with van der Waals surface area (Å²) in [5.41, 5.74) is 1.78. The Morgan fingerprint density at radius 3 is 2.36 bits per heavy atom. The van der Waals surface area contributed by atoms with E-state index < -0.39 is 6.03 Å². The second-order valence-corrected chi connectivity index (χ2v) is 6.31. The molecule has 0 saturated carbocycles. The van der Waals surface area contributed by atoms with Gasteiger partial charge in [0.15, 0.2) is 0 Å². The Labute approximate surface area is 162 Å². The number of hydrogen-bond donors (Lipinski definition) is 4. The first kappa shape index (κ1) is 19.8. The van der Waals surface area contributed by atoms with Gasteiger partial charge in [-0.05, 0) is 24.3 Å². The van der Waals surface area contributed by atoms with Crippen molar-refractivity contribution in [2.75, 3.05) is 55.4 Å². The maximum absolute atomic E-state index is 12.1. The number of carbonyl (C=O) groups excluding carboxylic acids is 2. The summed E-state index contributed by atoms with van der Waals surface area (Å²) in [4.78, 5) is 26.2. The second-order valence-electron chi connectivity index (χ2n) is 6.31. The molecule has 4 N–H and O–H groups in total. The van der Waals surface area contributed by atoms with Gasteiger partial charge in [0, 0.05) is 30.7 Å². The van der Waals surface area contributed by atoms with Gasteiger partial charge in [-0.15, -0.1) is 0 Å². The fourth-order valence-corrected chi connectivity index (χ4v) is 2.75. The van der Waals surface area contributed by atoms with E-state index in [1.807, 2.05) is 4.90 Å². The summed E-state index contributed by atoms with van der Waals surface area (Å²) >= 11 is 0. The summed E-state index contributed by atoms with van der Waals surface area (Å²) in [5.74, 6) is -0.0831. The molecule has 2 aromatic rings. The fraction of sp³-hybridized carbons (Fsp3) is 0.389. The summed E-state index contributed by atoms with van der Waals surface area (Å²) in [7, 11) is 0. The topological polar surface area (TPSA) is 121 Å². The lowest BCUT2D eigenvalue weighted by molar-refractivity contribution is -0.118. The number of rotatable bonds is 7. The molecule has 0 radical (unpaired) electrons. The highest BCUT2D eigenvalue weighted by Crippen LogP contribution is 2.14. The van der Waals surface area contributed by atoms with Crippen LogP contribution in [0, 0.1) is 0 Å². The van der Waals surface area contributed by atoms with E-state index in [1.165, 1.54) is 10.9 Å². The van der Waals surface area contributed by atoms with E-state index in [-0.39, 0.29) is 12.5 Å². The third-order valence-corrected chi connectivity index (χ3v) is 4.12. The van der Waals surface area contributed by atoms with Crippen molar-refractivity contribution in [2.24, 2.45) is 0 Å². The molecule has 28 heavy (non-hydrogen) atoms. The number of amides is 3. The predicted octanol–water partition coefficient (Wildman–Crippen LogP) is 0.790. The van der Waals surface area contributed by atoms with Crippen LogP contribution in [0.2, 0.25) is 0 Å². The Hall–Kier alpha value is -2.95. The van der Waals surface area contributed by atoms with Gasteiger partial charge in [-0.25, -0.2) is 4.79 Å². The minimum Gasteiger partial charge on any atom is -0.394 e. The number of hydrogen-bond acceptors (Lipinski definition) is 6. The van der Waals surface area contributed by atoms with Gasteiger partial charge in [-0.2, -0.15) is 5.10 Å². The van der Waals surface area contributed by atoms with Gasteiger partial charge < -0.3 is 25.8 Å². The zero-order valence-corrected chi connectivity index (χ0v) is 15.4. The zero-order valence-electron chi connectivity index (χ0n) is 15.4. The van der Waals surface area contributed by atoms with Crippen LogP contribution < -0.4 is 16.0 Å². The number of nitrogens with zero attached hydrogens (tertiary/aromatic N) is 3. The first-order valence-corrected chi connectivity index (χ1v) is 9.04. The molecule has 1 fully saturated rings. The number of aliphatic hydroxyl groups is 1. The molecule has 3 amide bonds. The van der Waals surface area contributed by atoms with Gasteiger partial charge in [-0.1, -0.05) is 0 Å². The van der Waals surface area contributed by atoms with Gasteiger partial charge in [0.05, 0.1) is 44.8 Å². The Bertz CT molecular complexity index is 786. The van der Waals surface area contributed by atoms with Gasteiger partial charge in [-0.3, -0.25) is 14.4 Å². The van der Waals surface area contributed by atoms with Gasteiger partial charge in [0.2, 0.25) is 5.91 Å². The van der Waals surface area contributed by atoms with Crippen LogP contribution in [0.1, 0.15) is 0 Å². The monoisotopic (exact) mass is 388 g/mol. The van der Waals surface area contributed by atoms with Crippen LogP contribution in [-0.4, -0.2) is 71.2 Å². The normalized spacial score (nSPS) is 14.5. The van der Waals surface area contributed by atoms with E-state index in [4.69, 9.17) is 9.84 Å². The first-order chi connectivity index (χ1) is 13.6. The van der Waals surface area contributed by atoms with Crippen molar-refractivity contribution in [3.05, 3.63) is 36.7 Å². The number of aromatic nitrogens is 2. The number of ether oxygens (including phenoxy) is 1. The minimum absolute atomic E-state index is 0.0251. The van der Waals surface area contributed by atoms with Crippen LogP contribution in [0.3, 0.4) is 0 Å². The SMILES string of the molecule is O=C(CN1CCOCC1)Nc1ccc(NC(=O)Nc2cnn(CCO)c2)cc1. The number of anilines is 3. The Balaban J connectivity index is 1.45. The first-order valence-electron chi connectivity index (χ1n) is 9.04. The van der Waals surface area contributed by atoms with Crippen molar-refractivity contribution in [3.8, 4) is 0 Å². The van der Waals surface area contributed by atoms with Crippen molar-refractivity contribution in [1.82, 2.24) is 14.7 Å². The van der Waals surface area contributed by atoms with Crippen LogP contribution >= 0.6 is 0 Å². The van der Waals surface area contributed by atoms with Crippen molar-refractivity contribution in [3.63, 3.8) is 0 Å². The summed E-state index contributed by atoms with van der Waals surface area (Å²) in [6, 6.07) is 6.46. The summed E-state index contributed by atoms with van der Waals surface area (Å²) in [5, 5.41) is 21.1. The number of carbonyl (C=O) groups is 2. The molecule has 1 saturated heterocycles. The lowest BCUT2D eigenvalue weighted by Gasteiger charge is -2.25. The number of aliphatic hydroxyl groups excluding tert-OH is 1. The minimum atomic E-state index is -0.410. The third kappa shape index (κ3) is 6.05. The molecule has 0 unspecified atom stereocenters. The molecule has 1 aliphatic rings. The molecule has 150 valence electrons. The summed E-state index contributed by atoms with van der Waals surface area (Å²) in [6.07, 6.45) is 3.13. The average Bonchev–Trinajstić information content (AvgIpc) is 3.11. The standard InChI is InChI=1S/C18H24N6O4/c25-8-5-24-12-16(11-19-24)22-18(27)21-15-3-1-14(2-4-15)20-17(26)13-23-6-9-28-10-7-23/h1-4,11-12,25H,5-10,13H2,(H,20,26)(H2,21,22,27). The number of nitrogens with one attached hydrogen (secondary N) is 3. The average molecular weight is 388 g/mol. The van der Waals surface area contributed by atoms with Crippen molar-refractivity contribution in [1.29, 1.82) is 0 Å². The number of urea groups is 1. The molecule has 0 atom stereocenters. The maximum atomic E-state index is 12.1. The molecule has 2 heterocycles. The lowest BCUT2D eigenvalue weighted by atomic mass is 10.2. The highest BCUT2D eigenvalue weighted by Gasteiger charge is 2.14. The van der Waals surface area contributed by atoms with E-state index in [1.54, 1.807) is 30.5 Å². The van der Waals surface area contributed by atoms with E-state index >= 15 is 0 Å². The number of morpholine rings is 1. The molecule has 1 aromatic carbocycles. The van der Waals surface area contributed by atoms with E-state index in [2.05, 4.69) is 21.0 Å².